The van der Waals surface area contributed by atoms with Crippen molar-refractivity contribution in [3.63, 3.8) is 0 Å². The Morgan fingerprint density at radius 3 is 2.52 bits per heavy atom. The molecule has 0 aliphatic heterocycles. The number of aryl methyl sites for hydroxylation is 1. The standard InChI is InChI=1S/C16H19N3O3S/c1-12-2-6-14(7-3-12)23(21,22)17-10-11-19-16(20)9-8-15(18-19)13-4-5-13/h2-3,6-9,13,17H,4-5,10-11H2,1H3. The van der Waals surface area contributed by atoms with Crippen LogP contribution in [0.25, 0.3) is 0 Å². The predicted molar refractivity (Wildman–Crippen MR) is 86.8 cm³/mol. The first kappa shape index (κ1) is 15.9. The highest BCUT2D eigenvalue weighted by Crippen LogP contribution is 2.38. The summed E-state index contributed by atoms with van der Waals surface area (Å²) in [6.07, 6.45) is 2.20. The van der Waals surface area contributed by atoms with Gasteiger partial charge in [0, 0.05) is 18.5 Å². The van der Waals surface area contributed by atoms with Gasteiger partial charge >= 0.3 is 0 Å². The molecule has 1 aromatic carbocycles. The number of benzene rings is 1. The van der Waals surface area contributed by atoms with Crippen molar-refractivity contribution >= 4 is 10.0 Å². The van der Waals surface area contributed by atoms with Gasteiger partial charge < -0.3 is 0 Å². The number of rotatable bonds is 6. The van der Waals surface area contributed by atoms with Gasteiger partial charge in [-0.2, -0.15) is 5.10 Å². The molecular formula is C16H19N3O3S. The molecule has 0 bridgehead atoms. The van der Waals surface area contributed by atoms with Crippen LogP contribution in [0.1, 0.15) is 30.0 Å². The van der Waals surface area contributed by atoms with Crippen LogP contribution in [0.15, 0.2) is 46.1 Å². The molecule has 1 aliphatic rings. The number of sulfonamides is 1. The van der Waals surface area contributed by atoms with Crippen LogP contribution < -0.4 is 10.3 Å². The Balaban J connectivity index is 1.66. The molecule has 0 unspecified atom stereocenters. The lowest BCUT2D eigenvalue weighted by Gasteiger charge is -2.09. The second kappa shape index (κ2) is 6.25. The van der Waals surface area contributed by atoms with Crippen molar-refractivity contribution in [2.24, 2.45) is 0 Å². The highest BCUT2D eigenvalue weighted by Gasteiger charge is 2.25. The Kier molecular flexibility index (Phi) is 4.32. The lowest BCUT2D eigenvalue weighted by Crippen LogP contribution is -2.32. The van der Waals surface area contributed by atoms with Crippen LogP contribution in [0.3, 0.4) is 0 Å². The molecular weight excluding hydrogens is 314 g/mol. The van der Waals surface area contributed by atoms with Crippen molar-refractivity contribution in [1.29, 1.82) is 0 Å². The fraction of sp³-hybridized carbons (Fsp3) is 0.375. The highest BCUT2D eigenvalue weighted by atomic mass is 32.2. The average molecular weight is 333 g/mol. The minimum Gasteiger partial charge on any atom is -0.268 e. The van der Waals surface area contributed by atoms with E-state index in [2.05, 4.69) is 9.82 Å². The number of hydrogen-bond acceptors (Lipinski definition) is 4. The van der Waals surface area contributed by atoms with Gasteiger partial charge in [-0.25, -0.2) is 17.8 Å². The number of hydrogen-bond donors (Lipinski definition) is 1. The van der Waals surface area contributed by atoms with Crippen molar-refractivity contribution in [2.75, 3.05) is 6.54 Å². The fourth-order valence-corrected chi connectivity index (χ4v) is 3.33. The first-order valence-electron chi connectivity index (χ1n) is 7.60. The third-order valence-electron chi connectivity index (χ3n) is 3.83. The maximum Gasteiger partial charge on any atom is 0.266 e. The molecule has 1 N–H and O–H groups in total. The van der Waals surface area contributed by atoms with E-state index in [1.807, 2.05) is 6.92 Å². The van der Waals surface area contributed by atoms with Gasteiger partial charge in [0.05, 0.1) is 17.1 Å². The molecule has 1 aliphatic carbocycles. The van der Waals surface area contributed by atoms with Gasteiger partial charge in [-0.3, -0.25) is 4.79 Å². The summed E-state index contributed by atoms with van der Waals surface area (Å²) in [6.45, 7) is 2.23. The van der Waals surface area contributed by atoms with E-state index < -0.39 is 10.0 Å². The maximum absolute atomic E-state index is 12.2. The lowest BCUT2D eigenvalue weighted by molar-refractivity contribution is 0.541. The first-order valence-corrected chi connectivity index (χ1v) is 9.08. The van der Waals surface area contributed by atoms with Crippen LogP contribution >= 0.6 is 0 Å². The molecule has 1 heterocycles. The zero-order valence-electron chi connectivity index (χ0n) is 12.9. The summed E-state index contributed by atoms with van der Waals surface area (Å²) < 4.78 is 28.2. The van der Waals surface area contributed by atoms with E-state index in [0.29, 0.717) is 5.92 Å². The SMILES string of the molecule is Cc1ccc(S(=O)(=O)NCCn2nc(C3CC3)ccc2=O)cc1. The smallest absolute Gasteiger partial charge is 0.266 e. The molecule has 0 atom stereocenters. The molecule has 23 heavy (non-hydrogen) atoms. The molecule has 6 nitrogen and oxygen atoms in total. The van der Waals surface area contributed by atoms with Crippen molar-refractivity contribution < 1.29 is 8.42 Å². The minimum absolute atomic E-state index is 0.122. The molecule has 0 saturated heterocycles. The summed E-state index contributed by atoms with van der Waals surface area (Å²) in [4.78, 5) is 12.0. The Labute approximate surface area is 135 Å². The second-order valence-corrected chi connectivity index (χ2v) is 7.57. The van der Waals surface area contributed by atoms with Gasteiger partial charge in [-0.1, -0.05) is 17.7 Å². The molecule has 0 radical (unpaired) electrons. The van der Waals surface area contributed by atoms with E-state index in [4.69, 9.17) is 0 Å². The maximum atomic E-state index is 12.2. The van der Waals surface area contributed by atoms with Crippen LogP contribution in [0.2, 0.25) is 0 Å². The van der Waals surface area contributed by atoms with E-state index in [-0.39, 0.29) is 23.5 Å². The van der Waals surface area contributed by atoms with Gasteiger partial charge in [0.2, 0.25) is 10.0 Å². The van der Waals surface area contributed by atoms with Crippen LogP contribution in [-0.4, -0.2) is 24.7 Å². The summed E-state index contributed by atoms with van der Waals surface area (Å²) in [7, 11) is -3.57. The van der Waals surface area contributed by atoms with Crippen LogP contribution in [0.5, 0.6) is 0 Å². The van der Waals surface area contributed by atoms with Crippen molar-refractivity contribution in [3.05, 3.63) is 58.0 Å². The predicted octanol–water partition coefficient (Wildman–Crippen LogP) is 1.41. The molecule has 1 aromatic heterocycles. The fourth-order valence-electron chi connectivity index (χ4n) is 2.31. The number of nitrogens with one attached hydrogen (secondary N) is 1. The van der Waals surface area contributed by atoms with Gasteiger partial charge in [-0.05, 0) is 38.0 Å². The summed E-state index contributed by atoms with van der Waals surface area (Å²) in [5.74, 6) is 0.450. The third-order valence-corrected chi connectivity index (χ3v) is 5.31. The zero-order chi connectivity index (χ0) is 16.4. The summed E-state index contributed by atoms with van der Waals surface area (Å²) in [5.41, 5.74) is 1.69. The molecule has 122 valence electrons. The lowest BCUT2D eigenvalue weighted by atomic mass is 10.2. The molecule has 7 heteroatoms. The summed E-state index contributed by atoms with van der Waals surface area (Å²) in [5, 5.41) is 4.31. The molecule has 0 amide bonds. The average Bonchev–Trinajstić information content (AvgIpc) is 3.34. The van der Waals surface area contributed by atoms with E-state index in [0.717, 1.165) is 24.1 Å². The zero-order valence-corrected chi connectivity index (χ0v) is 13.7. The van der Waals surface area contributed by atoms with Gasteiger partial charge in [0.25, 0.3) is 5.56 Å². The quantitative estimate of drug-likeness (QED) is 0.866. The Hall–Kier alpha value is -1.99. The van der Waals surface area contributed by atoms with Crippen LogP contribution in [0.4, 0.5) is 0 Å². The topological polar surface area (TPSA) is 81.1 Å². The van der Waals surface area contributed by atoms with Crippen molar-refractivity contribution in [2.45, 2.75) is 37.1 Å². The number of nitrogens with zero attached hydrogens (tertiary/aromatic N) is 2. The largest absolute Gasteiger partial charge is 0.268 e. The summed E-state index contributed by atoms with van der Waals surface area (Å²) >= 11 is 0. The monoisotopic (exact) mass is 333 g/mol. The minimum atomic E-state index is -3.57. The van der Waals surface area contributed by atoms with Crippen LogP contribution in [-0.2, 0) is 16.6 Å². The Morgan fingerprint density at radius 1 is 1.17 bits per heavy atom. The van der Waals surface area contributed by atoms with E-state index >= 15 is 0 Å². The van der Waals surface area contributed by atoms with Crippen molar-refractivity contribution in [1.82, 2.24) is 14.5 Å². The molecule has 1 fully saturated rings. The molecule has 2 aromatic rings. The van der Waals surface area contributed by atoms with Crippen LogP contribution in [0, 0.1) is 6.92 Å². The summed E-state index contributed by atoms with van der Waals surface area (Å²) in [6, 6.07) is 9.88. The van der Waals surface area contributed by atoms with Gasteiger partial charge in [0.15, 0.2) is 0 Å². The van der Waals surface area contributed by atoms with E-state index in [9.17, 15) is 13.2 Å². The van der Waals surface area contributed by atoms with E-state index in [1.165, 1.54) is 10.7 Å². The second-order valence-electron chi connectivity index (χ2n) is 5.80. The van der Waals surface area contributed by atoms with E-state index in [1.54, 1.807) is 30.3 Å². The van der Waals surface area contributed by atoms with Crippen molar-refractivity contribution in [3.8, 4) is 0 Å². The first-order chi connectivity index (χ1) is 11.0. The van der Waals surface area contributed by atoms with Gasteiger partial charge in [0.1, 0.15) is 0 Å². The molecule has 1 saturated carbocycles. The highest BCUT2D eigenvalue weighted by molar-refractivity contribution is 7.89. The molecule has 0 spiro atoms. The number of aromatic nitrogens is 2. The third kappa shape index (κ3) is 3.86. The molecule has 3 rings (SSSR count). The Bertz CT molecular complexity index is 853. The Morgan fingerprint density at radius 2 is 1.87 bits per heavy atom. The normalized spacial score (nSPS) is 14.8. The van der Waals surface area contributed by atoms with Gasteiger partial charge in [-0.15, -0.1) is 0 Å².